The highest BCUT2D eigenvalue weighted by Crippen LogP contribution is 2.25. The second kappa shape index (κ2) is 8.34. The molecule has 0 amide bonds. The molecule has 10 heteroatoms. The van der Waals surface area contributed by atoms with E-state index in [0.29, 0.717) is 25.6 Å². The molecule has 0 unspecified atom stereocenters. The molecule has 1 saturated heterocycles. The number of aromatic nitrogens is 6. The van der Waals surface area contributed by atoms with Crippen molar-refractivity contribution in [1.29, 1.82) is 0 Å². The van der Waals surface area contributed by atoms with Crippen LogP contribution in [0, 0.1) is 5.92 Å². The fraction of sp³-hybridized carbons (Fsp3) is 0.579. The molecular formula is C19H29N9O. The average molecular weight is 400 g/mol. The van der Waals surface area contributed by atoms with Gasteiger partial charge in [0.1, 0.15) is 23.8 Å². The lowest BCUT2D eigenvalue weighted by atomic mass is 9.95. The number of rotatable bonds is 7. The van der Waals surface area contributed by atoms with E-state index in [-0.39, 0.29) is 12.0 Å². The lowest BCUT2D eigenvalue weighted by Gasteiger charge is -2.28. The van der Waals surface area contributed by atoms with Crippen LogP contribution >= 0.6 is 0 Å². The minimum Gasteiger partial charge on any atom is -0.391 e. The summed E-state index contributed by atoms with van der Waals surface area (Å²) in [4.78, 5) is 9.08. The van der Waals surface area contributed by atoms with Gasteiger partial charge in [-0.2, -0.15) is 14.7 Å². The van der Waals surface area contributed by atoms with E-state index in [4.69, 9.17) is 4.98 Å². The van der Waals surface area contributed by atoms with E-state index in [2.05, 4.69) is 45.0 Å². The van der Waals surface area contributed by atoms with Gasteiger partial charge >= 0.3 is 0 Å². The lowest BCUT2D eigenvalue weighted by molar-refractivity contribution is 0.0883. The molecule has 1 fully saturated rings. The molecule has 0 spiro atoms. The number of aliphatic hydroxyl groups is 1. The first-order chi connectivity index (χ1) is 14.0. The topological polar surface area (TPSA) is 117 Å². The van der Waals surface area contributed by atoms with E-state index in [1.807, 2.05) is 23.8 Å². The molecule has 0 radical (unpaired) electrons. The summed E-state index contributed by atoms with van der Waals surface area (Å²) < 4.78 is 3.57. The molecule has 0 aromatic carbocycles. The predicted molar refractivity (Wildman–Crippen MR) is 111 cm³/mol. The van der Waals surface area contributed by atoms with Crippen molar-refractivity contribution >= 4 is 17.3 Å². The first-order valence-electron chi connectivity index (χ1n) is 10.1. The molecule has 2 atom stereocenters. The number of nitrogens with zero attached hydrogens (tertiary/aromatic N) is 6. The molecular weight excluding hydrogens is 370 g/mol. The SMILES string of the molecule is CC(C)c1cnn2c(NCc3ncnn3C)cc(NC[C@H]3CCNC[C@@H]3O)nc12. The summed E-state index contributed by atoms with van der Waals surface area (Å²) in [6.07, 6.45) is 4.02. The Hall–Kier alpha value is -2.72. The van der Waals surface area contributed by atoms with Crippen LogP contribution in [0.3, 0.4) is 0 Å². The van der Waals surface area contributed by atoms with Crippen molar-refractivity contribution < 1.29 is 5.11 Å². The van der Waals surface area contributed by atoms with Crippen molar-refractivity contribution in [1.82, 2.24) is 34.7 Å². The van der Waals surface area contributed by atoms with Crippen LogP contribution in [-0.4, -0.2) is 60.2 Å². The summed E-state index contributed by atoms with van der Waals surface area (Å²) in [6.45, 7) is 7.05. The largest absolute Gasteiger partial charge is 0.391 e. The Morgan fingerprint density at radius 1 is 1.31 bits per heavy atom. The maximum absolute atomic E-state index is 10.2. The first-order valence-corrected chi connectivity index (χ1v) is 10.1. The summed E-state index contributed by atoms with van der Waals surface area (Å²) >= 11 is 0. The van der Waals surface area contributed by atoms with E-state index in [1.165, 1.54) is 0 Å². The average Bonchev–Trinajstić information content (AvgIpc) is 3.31. The second-order valence-electron chi connectivity index (χ2n) is 7.87. The zero-order chi connectivity index (χ0) is 20.4. The molecule has 4 N–H and O–H groups in total. The van der Waals surface area contributed by atoms with Crippen molar-refractivity contribution in [2.75, 3.05) is 30.3 Å². The number of β-amino-alcohol motifs (C(OH)–C–C–N with tert-alkyl or cyclic N) is 1. The van der Waals surface area contributed by atoms with Gasteiger partial charge in [0.25, 0.3) is 0 Å². The standard InChI is InChI=1S/C19H29N9O/c1-12(2)14-8-24-28-17(22-10-18-23-11-25-27(18)3)6-16(26-19(14)28)21-7-13-4-5-20-9-15(13)29/h6,8,11-13,15,20,22,29H,4-5,7,9-10H2,1-3H3,(H,21,26)/t13-,15+/m1/s1. The molecule has 0 aliphatic carbocycles. The number of aryl methyl sites for hydroxylation is 1. The van der Waals surface area contributed by atoms with Gasteiger partial charge in [-0.3, -0.25) is 4.68 Å². The summed E-state index contributed by atoms with van der Waals surface area (Å²) in [5.74, 6) is 2.95. The van der Waals surface area contributed by atoms with Crippen molar-refractivity contribution in [3.8, 4) is 0 Å². The minimum absolute atomic E-state index is 0.207. The summed E-state index contributed by atoms with van der Waals surface area (Å²) in [7, 11) is 1.87. The van der Waals surface area contributed by atoms with Crippen LogP contribution in [0.4, 0.5) is 11.6 Å². The molecule has 0 bridgehead atoms. The van der Waals surface area contributed by atoms with Gasteiger partial charge in [-0.25, -0.2) is 9.97 Å². The maximum Gasteiger partial charge on any atom is 0.163 e. The van der Waals surface area contributed by atoms with E-state index in [0.717, 1.165) is 41.6 Å². The highest BCUT2D eigenvalue weighted by molar-refractivity contribution is 5.60. The number of aliphatic hydroxyl groups excluding tert-OH is 1. The van der Waals surface area contributed by atoms with E-state index in [9.17, 15) is 5.11 Å². The fourth-order valence-corrected chi connectivity index (χ4v) is 3.62. The summed E-state index contributed by atoms with van der Waals surface area (Å²) in [5.41, 5.74) is 1.92. The molecule has 1 aliphatic rings. The summed E-state index contributed by atoms with van der Waals surface area (Å²) in [5, 5.41) is 28.9. The van der Waals surface area contributed by atoms with Crippen LogP contribution in [0.15, 0.2) is 18.6 Å². The Labute approximate surface area is 169 Å². The van der Waals surface area contributed by atoms with Crippen LogP contribution in [0.25, 0.3) is 5.65 Å². The van der Waals surface area contributed by atoms with E-state index in [1.54, 1.807) is 11.0 Å². The third-order valence-corrected chi connectivity index (χ3v) is 5.49. The minimum atomic E-state index is -0.338. The molecule has 10 nitrogen and oxygen atoms in total. The van der Waals surface area contributed by atoms with Gasteiger partial charge in [0.05, 0.1) is 18.8 Å². The molecule has 29 heavy (non-hydrogen) atoms. The second-order valence-corrected chi connectivity index (χ2v) is 7.87. The Morgan fingerprint density at radius 2 is 2.17 bits per heavy atom. The molecule has 3 aromatic heterocycles. The number of hydrogen-bond acceptors (Lipinski definition) is 8. The van der Waals surface area contributed by atoms with Crippen LogP contribution in [0.2, 0.25) is 0 Å². The summed E-state index contributed by atoms with van der Waals surface area (Å²) in [6, 6.07) is 1.95. The quantitative estimate of drug-likeness (QED) is 0.464. The van der Waals surface area contributed by atoms with Gasteiger partial charge in [0.2, 0.25) is 0 Å². The predicted octanol–water partition coefficient (Wildman–Crippen LogP) is 0.976. The molecule has 0 saturated carbocycles. The van der Waals surface area contributed by atoms with Crippen LogP contribution in [0.1, 0.15) is 37.6 Å². The third-order valence-electron chi connectivity index (χ3n) is 5.49. The van der Waals surface area contributed by atoms with Crippen molar-refractivity contribution in [2.24, 2.45) is 13.0 Å². The third kappa shape index (κ3) is 4.18. The first kappa shape index (κ1) is 19.6. The molecule has 156 valence electrons. The van der Waals surface area contributed by atoms with Crippen molar-refractivity contribution in [2.45, 2.75) is 38.8 Å². The van der Waals surface area contributed by atoms with Gasteiger partial charge in [0, 0.05) is 37.7 Å². The van der Waals surface area contributed by atoms with Crippen LogP contribution in [0.5, 0.6) is 0 Å². The van der Waals surface area contributed by atoms with Gasteiger partial charge in [0.15, 0.2) is 5.65 Å². The lowest BCUT2D eigenvalue weighted by Crippen LogP contribution is -2.43. The molecule has 1 aliphatic heterocycles. The Morgan fingerprint density at radius 3 is 2.90 bits per heavy atom. The number of hydrogen-bond donors (Lipinski definition) is 4. The number of piperidine rings is 1. The fourth-order valence-electron chi connectivity index (χ4n) is 3.62. The molecule has 4 rings (SSSR count). The monoisotopic (exact) mass is 399 g/mol. The Kier molecular flexibility index (Phi) is 5.63. The van der Waals surface area contributed by atoms with Crippen molar-refractivity contribution in [3.05, 3.63) is 30.0 Å². The van der Waals surface area contributed by atoms with Gasteiger partial charge < -0.3 is 21.1 Å². The Bertz CT molecular complexity index is 964. The highest BCUT2D eigenvalue weighted by Gasteiger charge is 2.23. The smallest absolute Gasteiger partial charge is 0.163 e. The van der Waals surface area contributed by atoms with Gasteiger partial charge in [-0.1, -0.05) is 13.8 Å². The van der Waals surface area contributed by atoms with Gasteiger partial charge in [-0.15, -0.1) is 0 Å². The molecule has 4 heterocycles. The number of nitrogens with one attached hydrogen (secondary N) is 3. The van der Waals surface area contributed by atoms with E-state index >= 15 is 0 Å². The highest BCUT2D eigenvalue weighted by atomic mass is 16.3. The zero-order valence-corrected chi connectivity index (χ0v) is 17.1. The number of anilines is 2. The van der Waals surface area contributed by atoms with Gasteiger partial charge in [-0.05, 0) is 18.9 Å². The van der Waals surface area contributed by atoms with Crippen molar-refractivity contribution in [3.63, 3.8) is 0 Å². The van der Waals surface area contributed by atoms with Crippen LogP contribution in [-0.2, 0) is 13.6 Å². The van der Waals surface area contributed by atoms with Crippen LogP contribution < -0.4 is 16.0 Å². The Balaban J connectivity index is 1.59. The van der Waals surface area contributed by atoms with E-state index < -0.39 is 0 Å². The molecule has 3 aromatic rings. The maximum atomic E-state index is 10.2. The zero-order valence-electron chi connectivity index (χ0n) is 17.1. The number of fused-ring (bicyclic) bond motifs is 1. The normalized spacial score (nSPS) is 19.8.